The summed E-state index contributed by atoms with van der Waals surface area (Å²) in [5.74, 6) is 1.87. The van der Waals surface area contributed by atoms with Gasteiger partial charge in [0.2, 0.25) is 0 Å². The van der Waals surface area contributed by atoms with Crippen molar-refractivity contribution in [3.8, 4) is 17.2 Å². The number of likely N-dealkylation sites (tertiary alicyclic amines) is 1. The largest absolute Gasteiger partial charge is 0.494 e. The second kappa shape index (κ2) is 10.2. The Balaban J connectivity index is 1.47. The second-order valence-corrected chi connectivity index (χ2v) is 9.59. The summed E-state index contributed by atoms with van der Waals surface area (Å²) in [6.07, 6.45) is 4.04. The number of nitrogens with zero attached hydrogens (tertiary/aromatic N) is 2. The van der Waals surface area contributed by atoms with Crippen LogP contribution in [-0.4, -0.2) is 61.9 Å². The number of ether oxygens (including phenoxy) is 3. The molecule has 35 heavy (non-hydrogen) atoms. The highest BCUT2D eigenvalue weighted by Gasteiger charge is 2.50. The maximum atomic E-state index is 11.1. The first-order chi connectivity index (χ1) is 16.8. The third-order valence-corrected chi connectivity index (χ3v) is 7.68. The summed E-state index contributed by atoms with van der Waals surface area (Å²) in [6, 6.07) is 11.3. The lowest BCUT2D eigenvalue weighted by molar-refractivity contribution is -0.384. The van der Waals surface area contributed by atoms with E-state index in [1.54, 1.807) is 20.3 Å². The molecular weight excluding hydrogens is 468 g/mol. The van der Waals surface area contributed by atoms with Gasteiger partial charge in [0.05, 0.1) is 38.0 Å². The molecule has 2 aromatic carbocycles. The molecule has 0 aromatic heterocycles. The Kier molecular flexibility index (Phi) is 7.32. The average Bonchev–Trinajstić information content (AvgIpc) is 3.20. The van der Waals surface area contributed by atoms with Gasteiger partial charge in [0, 0.05) is 23.6 Å². The normalized spacial score (nSPS) is 23.8. The molecule has 0 spiro atoms. The van der Waals surface area contributed by atoms with Crippen LogP contribution in [0.5, 0.6) is 17.2 Å². The lowest BCUT2D eigenvalue weighted by Crippen LogP contribution is -2.52. The van der Waals surface area contributed by atoms with Gasteiger partial charge in [-0.2, -0.15) is 0 Å². The van der Waals surface area contributed by atoms with Crippen LogP contribution in [0.2, 0.25) is 0 Å². The minimum absolute atomic E-state index is 0.0330. The van der Waals surface area contributed by atoms with Crippen molar-refractivity contribution in [2.75, 3.05) is 40.2 Å². The van der Waals surface area contributed by atoms with Crippen LogP contribution in [0.4, 0.5) is 11.4 Å². The summed E-state index contributed by atoms with van der Waals surface area (Å²) >= 11 is 5.58. The highest BCUT2D eigenvalue weighted by molar-refractivity contribution is 7.80. The van der Waals surface area contributed by atoms with Crippen molar-refractivity contribution in [1.29, 1.82) is 0 Å². The number of likely N-dealkylation sites (N-methyl/N-ethyl adjacent to an activating group) is 1. The van der Waals surface area contributed by atoms with Gasteiger partial charge in [-0.3, -0.25) is 10.1 Å². The number of nitrogens with one attached hydrogen (secondary N) is 2. The standard InChI is InChI=1S/C25H32N4O5S/c1-28-12-11-25(16-5-8-20(32-2)22(13-16)34-4)10-9-17(14-23(25)28)26-24(35)27-19-7-6-18(29(30)31)15-21(19)33-3/h5-8,13,15,17,23H,9-12,14H2,1-4H3,(H2,26,27,35)/t17-,23+,25-/m0/s1. The molecule has 0 radical (unpaired) electrons. The smallest absolute Gasteiger partial charge is 0.273 e. The van der Waals surface area contributed by atoms with Gasteiger partial charge in [0.25, 0.3) is 5.69 Å². The highest BCUT2D eigenvalue weighted by Crippen LogP contribution is 2.49. The van der Waals surface area contributed by atoms with Gasteiger partial charge in [-0.1, -0.05) is 6.07 Å². The molecule has 2 fully saturated rings. The molecule has 2 aromatic rings. The third-order valence-electron chi connectivity index (χ3n) is 7.47. The van der Waals surface area contributed by atoms with Crippen LogP contribution in [0.25, 0.3) is 0 Å². The number of non-ortho nitro benzene ring substituents is 1. The molecule has 1 aliphatic heterocycles. The van der Waals surface area contributed by atoms with Crippen LogP contribution in [0.15, 0.2) is 36.4 Å². The number of nitro benzene ring substituents is 1. The van der Waals surface area contributed by atoms with Crippen molar-refractivity contribution in [3.05, 3.63) is 52.1 Å². The zero-order chi connectivity index (χ0) is 25.2. The minimum atomic E-state index is -0.451. The van der Waals surface area contributed by atoms with Crippen molar-refractivity contribution in [2.24, 2.45) is 0 Å². The molecule has 4 rings (SSSR count). The average molecular weight is 501 g/mol. The van der Waals surface area contributed by atoms with Crippen molar-refractivity contribution in [1.82, 2.24) is 10.2 Å². The molecule has 1 saturated heterocycles. The Labute approximate surface area is 210 Å². The fraction of sp³-hybridized carbons (Fsp3) is 0.480. The topological polar surface area (TPSA) is 98.1 Å². The lowest BCUT2D eigenvalue weighted by atomic mass is 9.65. The summed E-state index contributed by atoms with van der Waals surface area (Å²) in [5, 5.41) is 18.1. The molecular formula is C25H32N4O5S. The maximum absolute atomic E-state index is 11.1. The maximum Gasteiger partial charge on any atom is 0.273 e. The predicted molar refractivity (Wildman–Crippen MR) is 139 cm³/mol. The number of fused-ring (bicyclic) bond motifs is 1. The minimum Gasteiger partial charge on any atom is -0.494 e. The van der Waals surface area contributed by atoms with E-state index in [2.05, 4.69) is 34.7 Å². The van der Waals surface area contributed by atoms with Crippen molar-refractivity contribution >= 4 is 28.7 Å². The van der Waals surface area contributed by atoms with E-state index in [1.165, 1.54) is 24.8 Å². The van der Waals surface area contributed by atoms with E-state index in [0.717, 1.165) is 43.7 Å². The second-order valence-electron chi connectivity index (χ2n) is 9.18. The van der Waals surface area contributed by atoms with Crippen LogP contribution in [-0.2, 0) is 5.41 Å². The van der Waals surface area contributed by atoms with Crippen LogP contribution in [0.1, 0.15) is 31.2 Å². The zero-order valence-corrected chi connectivity index (χ0v) is 21.3. The van der Waals surface area contributed by atoms with E-state index < -0.39 is 4.92 Å². The van der Waals surface area contributed by atoms with Gasteiger partial charge in [0.1, 0.15) is 5.75 Å². The molecule has 0 bridgehead atoms. The number of nitro groups is 1. The van der Waals surface area contributed by atoms with Crippen LogP contribution >= 0.6 is 12.2 Å². The van der Waals surface area contributed by atoms with Gasteiger partial charge in [-0.15, -0.1) is 0 Å². The summed E-state index contributed by atoms with van der Waals surface area (Å²) in [5.41, 5.74) is 1.90. The molecule has 1 heterocycles. The molecule has 2 aliphatic rings. The molecule has 0 unspecified atom stereocenters. The number of thiocarbonyl (C=S) groups is 1. The molecule has 188 valence electrons. The first-order valence-electron chi connectivity index (χ1n) is 11.6. The lowest BCUT2D eigenvalue weighted by Gasteiger charge is -2.45. The molecule has 2 N–H and O–H groups in total. The van der Waals surface area contributed by atoms with E-state index >= 15 is 0 Å². The fourth-order valence-electron chi connectivity index (χ4n) is 5.64. The van der Waals surface area contributed by atoms with Crippen LogP contribution in [0.3, 0.4) is 0 Å². The Morgan fingerprint density at radius 2 is 1.83 bits per heavy atom. The number of methoxy groups -OCH3 is 3. The number of rotatable bonds is 7. The summed E-state index contributed by atoms with van der Waals surface area (Å²) in [4.78, 5) is 13.0. The molecule has 9 nitrogen and oxygen atoms in total. The first kappa shape index (κ1) is 25.0. The van der Waals surface area contributed by atoms with E-state index in [9.17, 15) is 10.1 Å². The van der Waals surface area contributed by atoms with Gasteiger partial charge in [-0.25, -0.2) is 0 Å². The molecule has 0 amide bonds. The fourth-order valence-corrected chi connectivity index (χ4v) is 5.91. The number of anilines is 1. The Morgan fingerprint density at radius 3 is 2.51 bits per heavy atom. The van der Waals surface area contributed by atoms with E-state index in [1.807, 2.05) is 6.07 Å². The first-order valence-corrected chi connectivity index (χ1v) is 12.0. The van der Waals surface area contributed by atoms with Gasteiger partial charge < -0.3 is 29.7 Å². The van der Waals surface area contributed by atoms with Crippen molar-refractivity contribution < 1.29 is 19.1 Å². The van der Waals surface area contributed by atoms with Crippen LogP contribution in [0, 0.1) is 10.1 Å². The molecule has 1 aliphatic carbocycles. The Morgan fingerprint density at radius 1 is 1.09 bits per heavy atom. The number of benzene rings is 2. The van der Waals surface area contributed by atoms with E-state index in [-0.39, 0.29) is 17.1 Å². The predicted octanol–water partition coefficient (Wildman–Crippen LogP) is 4.10. The summed E-state index contributed by atoms with van der Waals surface area (Å²) in [6.45, 7) is 1.04. The SMILES string of the molecule is COc1cc([N+](=O)[O-])ccc1NC(=S)N[C@H]1CC[C@@]2(c3ccc(OC)c(OC)c3)CCN(C)[C@@H]2C1. The van der Waals surface area contributed by atoms with Crippen molar-refractivity contribution in [2.45, 2.75) is 43.2 Å². The van der Waals surface area contributed by atoms with Gasteiger partial charge >= 0.3 is 0 Å². The van der Waals surface area contributed by atoms with Gasteiger partial charge in [0.15, 0.2) is 16.6 Å². The molecule has 3 atom stereocenters. The highest BCUT2D eigenvalue weighted by atomic mass is 32.1. The zero-order valence-electron chi connectivity index (χ0n) is 20.5. The Hall–Kier alpha value is -3.11. The number of hydrogen-bond donors (Lipinski definition) is 2. The van der Waals surface area contributed by atoms with Crippen molar-refractivity contribution in [3.63, 3.8) is 0 Å². The quantitative estimate of drug-likeness (QED) is 0.331. The Bertz CT molecular complexity index is 1110. The summed E-state index contributed by atoms with van der Waals surface area (Å²) < 4.78 is 16.3. The monoisotopic (exact) mass is 500 g/mol. The number of hydrogen-bond acceptors (Lipinski definition) is 7. The van der Waals surface area contributed by atoms with E-state index in [4.69, 9.17) is 26.4 Å². The third kappa shape index (κ3) is 4.85. The van der Waals surface area contributed by atoms with Crippen LogP contribution < -0.4 is 24.8 Å². The molecule has 1 saturated carbocycles. The summed E-state index contributed by atoms with van der Waals surface area (Å²) in [7, 11) is 6.99. The molecule has 10 heteroatoms. The van der Waals surface area contributed by atoms with Gasteiger partial charge in [-0.05, 0) is 75.3 Å². The van der Waals surface area contributed by atoms with E-state index in [0.29, 0.717) is 22.6 Å².